The molecule has 0 saturated carbocycles. The molecule has 4 atom stereocenters. The van der Waals surface area contributed by atoms with Gasteiger partial charge in [-0.2, -0.15) is 0 Å². The van der Waals surface area contributed by atoms with Gasteiger partial charge in [-0.25, -0.2) is 0 Å². The second-order valence-electron chi connectivity index (χ2n) is 13.1. The minimum absolute atomic E-state index is 0.00854. The molecule has 15 nitrogen and oxygen atoms in total. The first kappa shape index (κ1) is 37.0. The summed E-state index contributed by atoms with van der Waals surface area (Å²) < 4.78 is 39.5. The summed E-state index contributed by atoms with van der Waals surface area (Å²) in [6.07, 6.45) is 1.57. The molecule has 0 unspecified atom stereocenters. The van der Waals surface area contributed by atoms with Gasteiger partial charge in [-0.1, -0.05) is 0 Å². The predicted molar refractivity (Wildman–Crippen MR) is 195 cm³/mol. The third-order valence-electron chi connectivity index (χ3n) is 10.3. The third kappa shape index (κ3) is 6.61. The maximum absolute atomic E-state index is 14.8. The van der Waals surface area contributed by atoms with E-state index in [2.05, 4.69) is 5.32 Å². The molecule has 286 valence electrons. The number of carbonyl (C=O) groups is 2. The van der Waals surface area contributed by atoms with Crippen LogP contribution in [0.4, 0.5) is 5.69 Å². The van der Waals surface area contributed by atoms with Crippen LogP contribution in [0.15, 0.2) is 60.7 Å². The number of fused-ring (bicyclic) bond motifs is 3. The van der Waals surface area contributed by atoms with E-state index in [1.165, 1.54) is 52.7 Å². The molecule has 1 fully saturated rings. The number of cyclic esters (lactones) is 1. The molecule has 0 radical (unpaired) electrons. The van der Waals surface area contributed by atoms with Crippen molar-refractivity contribution in [1.29, 1.82) is 0 Å². The van der Waals surface area contributed by atoms with Crippen molar-refractivity contribution in [2.45, 2.75) is 25.2 Å². The molecule has 2 aliphatic heterocycles. The van der Waals surface area contributed by atoms with E-state index < -0.39 is 47.2 Å². The number of methoxy groups -OCH3 is 4. The number of benzene rings is 4. The Morgan fingerprint density at radius 1 is 0.855 bits per heavy atom. The molecule has 4 aromatic rings. The zero-order valence-electron chi connectivity index (χ0n) is 30.3. The fraction of sp³-hybridized carbons (Fsp3) is 0.300. The number of carbonyl (C=O) groups excluding carboxylic acids is 2. The minimum atomic E-state index is -0.792. The number of aliphatic hydroxyl groups is 2. The smallest absolute Gasteiger partial charge is 0.310 e. The molecule has 55 heavy (non-hydrogen) atoms. The maximum atomic E-state index is 14.8. The monoisotopic (exact) mass is 754 g/mol. The van der Waals surface area contributed by atoms with Gasteiger partial charge in [0.05, 0.1) is 65.1 Å². The van der Waals surface area contributed by atoms with Crippen LogP contribution in [0, 0.1) is 22.0 Å². The Morgan fingerprint density at radius 2 is 1.47 bits per heavy atom. The summed E-state index contributed by atoms with van der Waals surface area (Å²) in [6.45, 7) is -0.815. The second kappa shape index (κ2) is 15.2. The number of hydrogen-bond donors (Lipinski definition) is 3. The molecular formula is C40H38N2O13. The summed E-state index contributed by atoms with van der Waals surface area (Å²) in [5.74, 6) is -0.809. The maximum Gasteiger partial charge on any atom is 0.310 e. The SMILES string of the molecule is COc1cc(/C(=C\c2ccc([N+](=O)[O-])cc2)C(=O)N[C@@H]2c3cc4c(cc3[C@@H](c3cc(CO)c(OC)c(OC)c3)[C@H]3C(=O)OC[C@@H]32)OCO4)cc(CO)c1OC. The fourth-order valence-electron chi connectivity index (χ4n) is 7.79. The topological polar surface area (TPSA) is 194 Å². The molecule has 1 amide bonds. The summed E-state index contributed by atoms with van der Waals surface area (Å²) in [5.41, 5.74) is 3.62. The van der Waals surface area contributed by atoms with Gasteiger partial charge in [-0.05, 0) is 82.4 Å². The number of rotatable bonds is 12. The van der Waals surface area contributed by atoms with E-state index in [1.807, 2.05) is 0 Å². The number of hydrogen-bond acceptors (Lipinski definition) is 13. The number of amides is 1. The van der Waals surface area contributed by atoms with Crippen LogP contribution in [0.3, 0.4) is 0 Å². The zero-order chi connectivity index (χ0) is 39.0. The largest absolute Gasteiger partial charge is 0.493 e. The summed E-state index contributed by atoms with van der Waals surface area (Å²) in [7, 11) is 5.82. The number of ether oxygens (including phenoxy) is 7. The van der Waals surface area contributed by atoms with Crippen LogP contribution in [-0.2, 0) is 27.5 Å². The van der Waals surface area contributed by atoms with Crippen molar-refractivity contribution in [2.24, 2.45) is 11.8 Å². The number of non-ortho nitro benzene ring substituents is 1. The van der Waals surface area contributed by atoms with Gasteiger partial charge in [0.15, 0.2) is 34.5 Å². The van der Waals surface area contributed by atoms with Crippen LogP contribution in [0.25, 0.3) is 11.6 Å². The van der Waals surface area contributed by atoms with Crippen LogP contribution in [0.1, 0.15) is 50.9 Å². The lowest BCUT2D eigenvalue weighted by atomic mass is 9.65. The molecular weight excluding hydrogens is 716 g/mol. The highest BCUT2D eigenvalue weighted by Gasteiger charge is 2.53. The molecule has 0 bridgehead atoms. The van der Waals surface area contributed by atoms with Crippen molar-refractivity contribution in [2.75, 3.05) is 41.8 Å². The molecule has 3 aliphatic rings. The summed E-state index contributed by atoms with van der Waals surface area (Å²) in [4.78, 5) is 39.4. The van der Waals surface area contributed by atoms with Gasteiger partial charge in [0.1, 0.15) is 0 Å². The lowest BCUT2D eigenvalue weighted by Crippen LogP contribution is -2.43. The summed E-state index contributed by atoms with van der Waals surface area (Å²) >= 11 is 0. The average Bonchev–Trinajstić information content (AvgIpc) is 3.83. The van der Waals surface area contributed by atoms with E-state index in [-0.39, 0.29) is 42.8 Å². The van der Waals surface area contributed by atoms with Gasteiger partial charge in [0.25, 0.3) is 11.6 Å². The number of nitrogens with one attached hydrogen (secondary N) is 1. The van der Waals surface area contributed by atoms with Gasteiger partial charge < -0.3 is 48.7 Å². The molecule has 4 aromatic carbocycles. The Labute approximate surface area is 315 Å². The van der Waals surface area contributed by atoms with E-state index in [0.717, 1.165) is 0 Å². The van der Waals surface area contributed by atoms with E-state index in [9.17, 15) is 29.9 Å². The van der Waals surface area contributed by atoms with E-state index in [1.54, 1.807) is 42.5 Å². The number of esters is 1. The van der Waals surface area contributed by atoms with Crippen LogP contribution >= 0.6 is 0 Å². The van der Waals surface area contributed by atoms with Crippen molar-refractivity contribution < 1.29 is 57.9 Å². The highest BCUT2D eigenvalue weighted by Crippen LogP contribution is 2.55. The zero-order valence-corrected chi connectivity index (χ0v) is 30.3. The molecule has 1 saturated heterocycles. The first-order chi connectivity index (χ1) is 26.6. The highest BCUT2D eigenvalue weighted by molar-refractivity contribution is 6.24. The molecule has 3 N–H and O–H groups in total. The van der Waals surface area contributed by atoms with E-state index >= 15 is 0 Å². The van der Waals surface area contributed by atoms with Crippen LogP contribution in [0.2, 0.25) is 0 Å². The van der Waals surface area contributed by atoms with Gasteiger partial charge in [-0.15, -0.1) is 0 Å². The van der Waals surface area contributed by atoms with Gasteiger partial charge in [0, 0.05) is 40.7 Å². The average molecular weight is 755 g/mol. The molecule has 15 heteroatoms. The number of nitro benzene ring substituents is 1. The Bertz CT molecular complexity index is 2150. The number of nitrogens with zero attached hydrogens (tertiary/aromatic N) is 1. The molecule has 0 spiro atoms. The van der Waals surface area contributed by atoms with Crippen molar-refractivity contribution in [1.82, 2.24) is 5.32 Å². The van der Waals surface area contributed by atoms with Crippen LogP contribution < -0.4 is 33.7 Å². The van der Waals surface area contributed by atoms with E-state index in [0.29, 0.717) is 61.9 Å². The molecule has 1 aliphatic carbocycles. The van der Waals surface area contributed by atoms with Gasteiger partial charge >= 0.3 is 5.97 Å². The quantitative estimate of drug-likeness (QED) is 0.0594. The lowest BCUT2D eigenvalue weighted by Gasteiger charge is -2.39. The summed E-state index contributed by atoms with van der Waals surface area (Å²) in [6, 6.07) is 15.2. The lowest BCUT2D eigenvalue weighted by molar-refractivity contribution is -0.384. The predicted octanol–water partition coefficient (Wildman–Crippen LogP) is 4.68. The van der Waals surface area contributed by atoms with E-state index in [4.69, 9.17) is 33.2 Å². The minimum Gasteiger partial charge on any atom is -0.493 e. The Kier molecular flexibility index (Phi) is 10.2. The van der Waals surface area contributed by atoms with Crippen molar-refractivity contribution >= 4 is 29.2 Å². The summed E-state index contributed by atoms with van der Waals surface area (Å²) in [5, 5.41) is 35.1. The van der Waals surface area contributed by atoms with Gasteiger partial charge in [0.2, 0.25) is 6.79 Å². The molecule has 7 rings (SSSR count). The Morgan fingerprint density at radius 3 is 2.07 bits per heavy atom. The first-order valence-electron chi connectivity index (χ1n) is 17.2. The fourth-order valence-corrected chi connectivity index (χ4v) is 7.79. The first-order valence-corrected chi connectivity index (χ1v) is 17.2. The van der Waals surface area contributed by atoms with Crippen LogP contribution in [-0.4, -0.2) is 68.9 Å². The molecule has 0 aromatic heterocycles. The Balaban J connectivity index is 1.38. The Hall–Kier alpha value is -6.32. The van der Waals surface area contributed by atoms with Crippen molar-refractivity contribution in [3.8, 4) is 34.5 Å². The number of nitro groups is 1. The van der Waals surface area contributed by atoms with Crippen LogP contribution in [0.5, 0.6) is 34.5 Å². The van der Waals surface area contributed by atoms with Crippen molar-refractivity contribution in [3.05, 3.63) is 110 Å². The van der Waals surface area contributed by atoms with Gasteiger partial charge in [-0.3, -0.25) is 19.7 Å². The van der Waals surface area contributed by atoms with Crippen molar-refractivity contribution in [3.63, 3.8) is 0 Å². The second-order valence-corrected chi connectivity index (χ2v) is 13.1. The number of aliphatic hydroxyl groups excluding tert-OH is 2. The molecule has 2 heterocycles. The highest BCUT2D eigenvalue weighted by atomic mass is 16.7. The standard InChI is InChI=1S/C40H38N2O13/c1-49-32-12-21(10-23(16-43)37(32)51-3)26(9-20-5-7-25(8-6-20)42(47)48)39(45)41-36-28-15-31-30(54-19-55-31)14-27(28)34(35-29(36)18-53-40(35)46)22-11-24(17-44)38(52-4)33(13-22)50-2/h5-15,29,34-36,43-44H,16-19H2,1-4H3,(H,41,45)/b26-9+/t29-,34+,35-,36+/m0/s1. The third-order valence-corrected chi connectivity index (χ3v) is 10.3. The normalized spacial score (nSPS) is 19.5.